The van der Waals surface area contributed by atoms with Crippen molar-refractivity contribution in [2.24, 2.45) is 0 Å². The Labute approximate surface area is 139 Å². The standard InChI is InChI=1S/C16H19N3O3S/c1-4-22-16(21)18-14(20)10-23-15-17-7-8-19(15)13-6-5-11(2)12(3)9-13/h5-9H,4,10H2,1-3H3,(H,18,20,21). The fourth-order valence-electron chi connectivity index (χ4n) is 1.92. The number of carbonyl (C=O) groups excluding carboxylic acids is 2. The van der Waals surface area contributed by atoms with Crippen molar-refractivity contribution in [3.8, 4) is 5.69 Å². The summed E-state index contributed by atoms with van der Waals surface area (Å²) in [6.07, 6.45) is 2.80. The highest BCUT2D eigenvalue weighted by molar-refractivity contribution is 7.99. The molecule has 2 rings (SSSR count). The number of imidazole rings is 1. The van der Waals surface area contributed by atoms with Crippen molar-refractivity contribution in [3.05, 3.63) is 41.7 Å². The molecule has 122 valence electrons. The highest BCUT2D eigenvalue weighted by Gasteiger charge is 2.12. The molecular formula is C16H19N3O3S. The van der Waals surface area contributed by atoms with E-state index in [-0.39, 0.29) is 12.4 Å². The zero-order chi connectivity index (χ0) is 16.8. The van der Waals surface area contributed by atoms with Crippen molar-refractivity contribution < 1.29 is 14.3 Å². The van der Waals surface area contributed by atoms with Crippen LogP contribution in [-0.2, 0) is 9.53 Å². The van der Waals surface area contributed by atoms with Crippen LogP contribution in [0.15, 0.2) is 35.7 Å². The molecule has 0 radical (unpaired) electrons. The lowest BCUT2D eigenvalue weighted by Gasteiger charge is -2.09. The average Bonchev–Trinajstić information content (AvgIpc) is 2.96. The lowest BCUT2D eigenvalue weighted by Crippen LogP contribution is -2.32. The molecule has 0 saturated carbocycles. The van der Waals surface area contributed by atoms with Crippen LogP contribution in [0.1, 0.15) is 18.1 Å². The molecule has 7 heteroatoms. The Balaban J connectivity index is 2.02. The van der Waals surface area contributed by atoms with Gasteiger partial charge in [-0.05, 0) is 44.0 Å². The van der Waals surface area contributed by atoms with E-state index in [0.717, 1.165) is 5.69 Å². The first kappa shape index (κ1) is 17.1. The Morgan fingerprint density at radius 2 is 2.09 bits per heavy atom. The maximum absolute atomic E-state index is 11.7. The smallest absolute Gasteiger partial charge is 0.413 e. The van der Waals surface area contributed by atoms with Gasteiger partial charge in [-0.25, -0.2) is 9.78 Å². The maximum atomic E-state index is 11.7. The van der Waals surface area contributed by atoms with E-state index in [1.165, 1.54) is 22.9 Å². The summed E-state index contributed by atoms with van der Waals surface area (Å²) in [6, 6.07) is 6.12. The van der Waals surface area contributed by atoms with E-state index in [1.54, 1.807) is 13.1 Å². The van der Waals surface area contributed by atoms with Crippen LogP contribution in [0.4, 0.5) is 4.79 Å². The summed E-state index contributed by atoms with van der Waals surface area (Å²) < 4.78 is 6.58. The number of amides is 2. The summed E-state index contributed by atoms with van der Waals surface area (Å²) in [5, 5.41) is 2.85. The third-order valence-electron chi connectivity index (χ3n) is 3.22. The van der Waals surface area contributed by atoms with Crippen molar-refractivity contribution in [2.75, 3.05) is 12.4 Å². The zero-order valence-electron chi connectivity index (χ0n) is 13.3. The van der Waals surface area contributed by atoms with Gasteiger partial charge in [0.15, 0.2) is 5.16 Å². The first-order chi connectivity index (χ1) is 11.0. The number of hydrogen-bond acceptors (Lipinski definition) is 5. The van der Waals surface area contributed by atoms with Crippen LogP contribution < -0.4 is 5.32 Å². The van der Waals surface area contributed by atoms with Gasteiger partial charge >= 0.3 is 6.09 Å². The number of ether oxygens (including phenoxy) is 1. The summed E-state index contributed by atoms with van der Waals surface area (Å²) in [6.45, 7) is 6.01. The molecule has 0 atom stereocenters. The van der Waals surface area contributed by atoms with E-state index in [1.807, 2.05) is 22.9 Å². The second-order valence-electron chi connectivity index (χ2n) is 4.91. The van der Waals surface area contributed by atoms with Crippen molar-refractivity contribution in [1.29, 1.82) is 0 Å². The predicted molar refractivity (Wildman–Crippen MR) is 88.9 cm³/mol. The lowest BCUT2D eigenvalue weighted by atomic mass is 10.1. The molecule has 0 unspecified atom stereocenters. The highest BCUT2D eigenvalue weighted by atomic mass is 32.2. The average molecular weight is 333 g/mol. The van der Waals surface area contributed by atoms with Crippen LogP contribution in [0, 0.1) is 13.8 Å². The molecule has 1 aromatic carbocycles. The summed E-state index contributed by atoms with van der Waals surface area (Å²) in [5.41, 5.74) is 3.39. The minimum absolute atomic E-state index is 0.0840. The quantitative estimate of drug-likeness (QED) is 0.852. The monoisotopic (exact) mass is 333 g/mol. The molecule has 0 aliphatic heterocycles. The normalized spacial score (nSPS) is 10.4. The van der Waals surface area contributed by atoms with Crippen LogP contribution in [-0.4, -0.2) is 33.9 Å². The highest BCUT2D eigenvalue weighted by Crippen LogP contribution is 2.21. The molecule has 1 N–H and O–H groups in total. The van der Waals surface area contributed by atoms with Crippen LogP contribution in [0.25, 0.3) is 5.69 Å². The molecule has 0 fully saturated rings. The molecule has 1 aromatic heterocycles. The Bertz CT molecular complexity index is 712. The molecule has 0 bridgehead atoms. The van der Waals surface area contributed by atoms with Crippen molar-refractivity contribution >= 4 is 23.8 Å². The van der Waals surface area contributed by atoms with Crippen LogP contribution >= 0.6 is 11.8 Å². The largest absolute Gasteiger partial charge is 0.450 e. The van der Waals surface area contributed by atoms with E-state index in [4.69, 9.17) is 0 Å². The van der Waals surface area contributed by atoms with E-state index >= 15 is 0 Å². The number of imide groups is 1. The summed E-state index contributed by atoms with van der Waals surface area (Å²) >= 11 is 1.26. The Hall–Kier alpha value is -2.28. The van der Waals surface area contributed by atoms with Crippen LogP contribution in [0.2, 0.25) is 0 Å². The summed E-state index contributed by atoms with van der Waals surface area (Å²) in [7, 11) is 0. The number of carbonyl (C=O) groups is 2. The molecule has 6 nitrogen and oxygen atoms in total. The van der Waals surface area contributed by atoms with Crippen molar-refractivity contribution in [1.82, 2.24) is 14.9 Å². The first-order valence-electron chi connectivity index (χ1n) is 7.21. The number of hydrogen-bond donors (Lipinski definition) is 1. The summed E-state index contributed by atoms with van der Waals surface area (Å²) in [4.78, 5) is 27.2. The Morgan fingerprint density at radius 1 is 1.30 bits per heavy atom. The Morgan fingerprint density at radius 3 is 2.78 bits per heavy atom. The molecule has 23 heavy (non-hydrogen) atoms. The molecule has 1 heterocycles. The zero-order valence-corrected chi connectivity index (χ0v) is 14.1. The third-order valence-corrected chi connectivity index (χ3v) is 4.19. The lowest BCUT2D eigenvalue weighted by molar-refractivity contribution is -0.117. The van der Waals surface area contributed by atoms with Gasteiger partial charge in [0, 0.05) is 18.1 Å². The number of thioether (sulfide) groups is 1. The van der Waals surface area contributed by atoms with Gasteiger partial charge < -0.3 is 4.74 Å². The van der Waals surface area contributed by atoms with Gasteiger partial charge in [-0.1, -0.05) is 17.8 Å². The fourth-order valence-corrected chi connectivity index (χ4v) is 2.69. The van der Waals surface area contributed by atoms with E-state index < -0.39 is 12.0 Å². The van der Waals surface area contributed by atoms with Gasteiger partial charge in [0.05, 0.1) is 12.4 Å². The number of rotatable bonds is 5. The molecule has 0 aliphatic rings. The summed E-state index contributed by atoms with van der Waals surface area (Å²) in [5.74, 6) is -0.330. The van der Waals surface area contributed by atoms with E-state index in [0.29, 0.717) is 5.16 Å². The molecule has 0 spiro atoms. The topological polar surface area (TPSA) is 73.2 Å². The van der Waals surface area contributed by atoms with Gasteiger partial charge in [0.25, 0.3) is 0 Å². The maximum Gasteiger partial charge on any atom is 0.413 e. The minimum atomic E-state index is -0.726. The SMILES string of the molecule is CCOC(=O)NC(=O)CSc1nccn1-c1ccc(C)c(C)c1. The minimum Gasteiger partial charge on any atom is -0.450 e. The Kier molecular flexibility index (Phi) is 5.81. The van der Waals surface area contributed by atoms with Crippen molar-refractivity contribution in [3.63, 3.8) is 0 Å². The van der Waals surface area contributed by atoms with Crippen LogP contribution in [0.3, 0.4) is 0 Å². The van der Waals surface area contributed by atoms with Gasteiger partial charge in [0.2, 0.25) is 5.91 Å². The van der Waals surface area contributed by atoms with E-state index in [2.05, 4.69) is 35.0 Å². The number of nitrogens with one attached hydrogen (secondary N) is 1. The number of aromatic nitrogens is 2. The first-order valence-corrected chi connectivity index (χ1v) is 8.20. The number of alkyl carbamates (subject to hydrolysis) is 1. The predicted octanol–water partition coefficient (Wildman–Crippen LogP) is 2.85. The van der Waals surface area contributed by atoms with Gasteiger partial charge in [-0.2, -0.15) is 0 Å². The molecule has 2 amide bonds. The molecule has 2 aromatic rings. The van der Waals surface area contributed by atoms with Gasteiger partial charge in [-0.3, -0.25) is 14.7 Å². The molecule has 0 aliphatic carbocycles. The van der Waals surface area contributed by atoms with Gasteiger partial charge in [0.1, 0.15) is 0 Å². The van der Waals surface area contributed by atoms with Gasteiger partial charge in [-0.15, -0.1) is 0 Å². The molecule has 0 saturated heterocycles. The molecular weight excluding hydrogens is 314 g/mol. The van der Waals surface area contributed by atoms with Crippen LogP contribution in [0.5, 0.6) is 0 Å². The number of benzene rings is 1. The number of aryl methyl sites for hydroxylation is 2. The fraction of sp³-hybridized carbons (Fsp3) is 0.312. The van der Waals surface area contributed by atoms with E-state index in [9.17, 15) is 9.59 Å². The van der Waals surface area contributed by atoms with Crippen molar-refractivity contribution in [2.45, 2.75) is 25.9 Å². The second kappa shape index (κ2) is 7.82. The second-order valence-corrected chi connectivity index (χ2v) is 5.85. The third kappa shape index (κ3) is 4.59. The number of nitrogens with zero attached hydrogens (tertiary/aromatic N) is 2.